The predicted octanol–water partition coefficient (Wildman–Crippen LogP) is 5.78. The molecule has 0 bridgehead atoms. The summed E-state index contributed by atoms with van der Waals surface area (Å²) >= 11 is 0. The highest BCUT2D eigenvalue weighted by Gasteiger charge is 2.13. The minimum atomic E-state index is 0.145. The van der Waals surface area contributed by atoms with Crippen LogP contribution in [0.15, 0.2) is 48.5 Å². The summed E-state index contributed by atoms with van der Waals surface area (Å²) < 4.78 is 13.7. The van der Waals surface area contributed by atoms with Gasteiger partial charge in [0.1, 0.15) is 5.82 Å². The number of unbranched alkanes of at least 4 members (excludes halogenated alkanes) is 2. The first-order valence-electron chi connectivity index (χ1n) is 12.7. The van der Waals surface area contributed by atoms with Gasteiger partial charge in [-0.2, -0.15) is 0 Å². The van der Waals surface area contributed by atoms with Gasteiger partial charge in [0.25, 0.3) is 0 Å². The van der Waals surface area contributed by atoms with Crippen molar-refractivity contribution in [2.75, 3.05) is 20.3 Å². The van der Waals surface area contributed by atoms with E-state index in [0.29, 0.717) is 6.61 Å². The van der Waals surface area contributed by atoms with Gasteiger partial charge in [0.15, 0.2) is 11.5 Å². The predicted molar refractivity (Wildman–Crippen MR) is 137 cm³/mol. The molecule has 0 aliphatic heterocycles. The third-order valence-electron chi connectivity index (χ3n) is 6.32. The number of benzene rings is 2. The van der Waals surface area contributed by atoms with Crippen molar-refractivity contribution < 1.29 is 14.3 Å². The maximum atomic E-state index is 12.1. The number of ether oxygens (including phenoxy) is 2. The first-order valence-corrected chi connectivity index (χ1v) is 12.7. The Morgan fingerprint density at radius 1 is 0.971 bits per heavy atom. The first-order chi connectivity index (χ1) is 16.7. The molecular formula is C28H39N3O3. The van der Waals surface area contributed by atoms with Gasteiger partial charge in [0.2, 0.25) is 5.91 Å². The molecule has 1 amide bonds. The number of carbonyl (C=O) groups is 1. The molecule has 1 aromatic heterocycles. The monoisotopic (exact) mass is 465 g/mol. The third kappa shape index (κ3) is 6.99. The molecule has 0 aliphatic rings. The van der Waals surface area contributed by atoms with E-state index < -0.39 is 0 Å². The number of amides is 1. The van der Waals surface area contributed by atoms with Gasteiger partial charge in [-0.1, -0.05) is 44.5 Å². The van der Waals surface area contributed by atoms with Crippen molar-refractivity contribution in [1.82, 2.24) is 14.9 Å². The highest BCUT2D eigenvalue weighted by molar-refractivity contribution is 5.78. The highest BCUT2D eigenvalue weighted by atomic mass is 16.5. The van der Waals surface area contributed by atoms with E-state index in [1.165, 1.54) is 5.52 Å². The fourth-order valence-corrected chi connectivity index (χ4v) is 4.31. The quantitative estimate of drug-likeness (QED) is 0.289. The second-order valence-electron chi connectivity index (χ2n) is 8.64. The van der Waals surface area contributed by atoms with Crippen molar-refractivity contribution in [1.29, 1.82) is 0 Å². The van der Waals surface area contributed by atoms with Crippen molar-refractivity contribution in [2.45, 2.75) is 65.3 Å². The van der Waals surface area contributed by atoms with Crippen LogP contribution in [0.5, 0.6) is 11.5 Å². The Hall–Kier alpha value is -3.02. The fourth-order valence-electron chi connectivity index (χ4n) is 4.31. The lowest BCUT2D eigenvalue weighted by Gasteiger charge is -2.13. The molecule has 0 unspecified atom stereocenters. The molecule has 6 nitrogen and oxygen atoms in total. The van der Waals surface area contributed by atoms with E-state index in [4.69, 9.17) is 14.5 Å². The van der Waals surface area contributed by atoms with Crippen LogP contribution >= 0.6 is 0 Å². The van der Waals surface area contributed by atoms with Crippen LogP contribution in [0.25, 0.3) is 11.0 Å². The summed E-state index contributed by atoms with van der Waals surface area (Å²) in [6.07, 6.45) is 6.75. The zero-order valence-corrected chi connectivity index (χ0v) is 20.9. The normalized spacial score (nSPS) is 11.2. The van der Waals surface area contributed by atoms with Crippen LogP contribution in [0, 0.1) is 5.92 Å². The highest BCUT2D eigenvalue weighted by Crippen LogP contribution is 2.26. The number of hydrogen-bond acceptors (Lipinski definition) is 4. The molecule has 0 aliphatic carbocycles. The van der Waals surface area contributed by atoms with E-state index in [-0.39, 0.29) is 11.8 Å². The van der Waals surface area contributed by atoms with Gasteiger partial charge in [-0.3, -0.25) is 4.79 Å². The number of hydrogen-bond donors (Lipinski definition) is 1. The van der Waals surface area contributed by atoms with Crippen molar-refractivity contribution in [2.24, 2.45) is 5.92 Å². The topological polar surface area (TPSA) is 65.4 Å². The molecule has 2 aromatic carbocycles. The van der Waals surface area contributed by atoms with Crippen LogP contribution in [-0.4, -0.2) is 35.7 Å². The lowest BCUT2D eigenvalue weighted by molar-refractivity contribution is -0.125. The average Bonchev–Trinajstić information content (AvgIpc) is 3.22. The molecule has 0 fully saturated rings. The van der Waals surface area contributed by atoms with Crippen LogP contribution in [0.4, 0.5) is 0 Å². The van der Waals surface area contributed by atoms with E-state index in [9.17, 15) is 4.79 Å². The van der Waals surface area contributed by atoms with E-state index in [1.54, 1.807) is 7.11 Å². The molecule has 0 radical (unpaired) electrons. The van der Waals surface area contributed by atoms with Gasteiger partial charge in [-0.15, -0.1) is 0 Å². The largest absolute Gasteiger partial charge is 0.493 e. The summed E-state index contributed by atoms with van der Waals surface area (Å²) in [6, 6.07) is 16.1. The zero-order chi connectivity index (χ0) is 24.2. The van der Waals surface area contributed by atoms with Crippen molar-refractivity contribution in [3.63, 3.8) is 0 Å². The van der Waals surface area contributed by atoms with Gasteiger partial charge in [0.05, 0.1) is 24.8 Å². The Kier molecular flexibility index (Phi) is 10.3. The number of aryl methyl sites for hydroxylation is 2. The maximum Gasteiger partial charge on any atom is 0.223 e. The first kappa shape index (κ1) is 25.6. The van der Waals surface area contributed by atoms with Gasteiger partial charge < -0.3 is 19.4 Å². The molecule has 0 spiro atoms. The summed E-state index contributed by atoms with van der Waals surface area (Å²) in [6.45, 7) is 6.38. The van der Waals surface area contributed by atoms with Crippen molar-refractivity contribution in [3.8, 4) is 11.5 Å². The Morgan fingerprint density at radius 3 is 2.47 bits per heavy atom. The summed E-state index contributed by atoms with van der Waals surface area (Å²) in [4.78, 5) is 17.0. The molecule has 184 valence electrons. The molecule has 0 atom stereocenters. The molecule has 34 heavy (non-hydrogen) atoms. The van der Waals surface area contributed by atoms with Crippen LogP contribution in [0.1, 0.15) is 58.2 Å². The van der Waals surface area contributed by atoms with Crippen molar-refractivity contribution in [3.05, 3.63) is 54.4 Å². The Bertz CT molecular complexity index is 1030. The minimum Gasteiger partial charge on any atom is -0.493 e. The molecule has 0 saturated carbocycles. The molecule has 0 saturated heterocycles. The standard InChI is InChI=1S/C28H39N3O3/c1-4-22(5-2)28(32)29-19-12-6-7-18-27-30-23-14-8-9-15-24(23)31(27)20-13-21-34-26-17-11-10-16-25(26)33-3/h8-11,14-17,22H,4-7,12-13,18-21H2,1-3H3,(H,29,32). The summed E-state index contributed by atoms with van der Waals surface area (Å²) in [5.41, 5.74) is 2.22. The Labute approximate surface area is 203 Å². The molecular weight excluding hydrogens is 426 g/mol. The lowest BCUT2D eigenvalue weighted by Crippen LogP contribution is -2.30. The van der Waals surface area contributed by atoms with Crippen molar-refractivity contribution >= 4 is 16.9 Å². The van der Waals surface area contributed by atoms with E-state index >= 15 is 0 Å². The lowest BCUT2D eigenvalue weighted by atomic mass is 10.0. The number of methoxy groups -OCH3 is 1. The van der Waals surface area contributed by atoms with Crippen LogP contribution < -0.4 is 14.8 Å². The van der Waals surface area contributed by atoms with Crippen LogP contribution in [0.2, 0.25) is 0 Å². The van der Waals surface area contributed by atoms with Crippen LogP contribution in [0.3, 0.4) is 0 Å². The molecule has 1 heterocycles. The SMILES string of the molecule is CCC(CC)C(=O)NCCCCCc1nc2ccccc2n1CCCOc1ccccc1OC. The fraction of sp³-hybridized carbons (Fsp3) is 0.500. The van der Waals surface area contributed by atoms with Gasteiger partial charge in [-0.05, 0) is 56.4 Å². The average molecular weight is 466 g/mol. The number of imidazole rings is 1. The molecule has 1 N–H and O–H groups in total. The molecule has 6 heteroatoms. The van der Waals surface area contributed by atoms with E-state index in [0.717, 1.165) is 80.9 Å². The second-order valence-corrected chi connectivity index (χ2v) is 8.64. The number of nitrogens with one attached hydrogen (secondary N) is 1. The number of rotatable bonds is 15. The summed E-state index contributed by atoms with van der Waals surface area (Å²) in [7, 11) is 1.66. The van der Waals surface area contributed by atoms with Gasteiger partial charge in [-0.25, -0.2) is 4.98 Å². The summed E-state index contributed by atoms with van der Waals surface area (Å²) in [5.74, 6) is 3.00. The number of carbonyl (C=O) groups excluding carboxylic acids is 1. The second kappa shape index (κ2) is 13.6. The smallest absolute Gasteiger partial charge is 0.223 e. The van der Waals surface area contributed by atoms with Gasteiger partial charge in [0, 0.05) is 25.4 Å². The Morgan fingerprint density at radius 2 is 1.71 bits per heavy atom. The zero-order valence-electron chi connectivity index (χ0n) is 20.9. The summed E-state index contributed by atoms with van der Waals surface area (Å²) in [5, 5.41) is 3.09. The number of nitrogens with zero attached hydrogens (tertiary/aromatic N) is 2. The maximum absolute atomic E-state index is 12.1. The van der Waals surface area contributed by atoms with E-state index in [2.05, 4.69) is 41.9 Å². The van der Waals surface area contributed by atoms with Gasteiger partial charge >= 0.3 is 0 Å². The minimum absolute atomic E-state index is 0.145. The number of fused-ring (bicyclic) bond motifs is 1. The third-order valence-corrected chi connectivity index (χ3v) is 6.32. The molecule has 3 aromatic rings. The number of para-hydroxylation sites is 4. The number of aromatic nitrogens is 2. The van der Waals surface area contributed by atoms with E-state index in [1.807, 2.05) is 30.3 Å². The Balaban J connectivity index is 1.49. The molecule has 3 rings (SSSR count). The van der Waals surface area contributed by atoms with Crippen LogP contribution in [-0.2, 0) is 17.8 Å².